The molecule has 4 unspecified atom stereocenters. The number of fused-ring (bicyclic) bond motifs is 1. The van der Waals surface area contributed by atoms with Gasteiger partial charge in [-0.3, -0.25) is 0 Å². The first-order valence-electron chi connectivity index (χ1n) is 8.03. The summed E-state index contributed by atoms with van der Waals surface area (Å²) in [6, 6.07) is 8.58. The van der Waals surface area contributed by atoms with E-state index in [-0.39, 0.29) is 5.41 Å². The summed E-state index contributed by atoms with van der Waals surface area (Å²) < 4.78 is 0. The van der Waals surface area contributed by atoms with Gasteiger partial charge in [0, 0.05) is 12.0 Å². The maximum absolute atomic E-state index is 11.5. The molecule has 1 saturated carbocycles. The van der Waals surface area contributed by atoms with Crippen LogP contribution in [-0.2, 0) is 11.8 Å². The lowest BCUT2D eigenvalue weighted by molar-refractivity contribution is -0.0892. The van der Waals surface area contributed by atoms with Crippen LogP contribution in [0.1, 0.15) is 50.7 Å². The van der Waals surface area contributed by atoms with Crippen molar-refractivity contribution in [3.05, 3.63) is 35.4 Å². The predicted octanol–water partition coefficient (Wildman–Crippen LogP) is 3.02. The smallest absolute Gasteiger partial charge is 0.0759 e. The van der Waals surface area contributed by atoms with Crippen LogP contribution >= 0.6 is 0 Å². The van der Waals surface area contributed by atoms with Gasteiger partial charge in [0.25, 0.3) is 0 Å². The van der Waals surface area contributed by atoms with E-state index in [0.717, 1.165) is 32.1 Å². The molecule has 1 aromatic carbocycles. The van der Waals surface area contributed by atoms with Gasteiger partial charge in [-0.05, 0) is 55.1 Å². The molecule has 110 valence electrons. The summed E-state index contributed by atoms with van der Waals surface area (Å²) in [6.45, 7) is 5.14. The van der Waals surface area contributed by atoms with Gasteiger partial charge < -0.3 is 10.8 Å². The summed E-state index contributed by atoms with van der Waals surface area (Å²) in [6.07, 6.45) is 4.95. The van der Waals surface area contributed by atoms with Crippen LogP contribution in [0.15, 0.2) is 24.3 Å². The molecule has 4 atom stereocenters. The first-order valence-corrected chi connectivity index (χ1v) is 8.03. The molecule has 0 radical (unpaired) electrons. The number of rotatable bonds is 2. The third-order valence-electron chi connectivity index (χ3n) is 6.24. The largest absolute Gasteiger partial charge is 0.389 e. The van der Waals surface area contributed by atoms with Gasteiger partial charge in [-0.1, -0.05) is 38.1 Å². The molecule has 0 spiro atoms. The standard InChI is InChI=1S/C18H27NO/c1-13-7-10-18(20,11-14(13)2)17(12-19)9-8-15-5-3-4-6-16(15)17/h3-6,13-14,20H,7-12,19H2,1-2H3. The minimum absolute atomic E-state index is 0.224. The van der Waals surface area contributed by atoms with Crippen LogP contribution in [0.25, 0.3) is 0 Å². The van der Waals surface area contributed by atoms with Gasteiger partial charge in [0.15, 0.2) is 0 Å². The van der Waals surface area contributed by atoms with Crippen molar-refractivity contribution in [2.75, 3.05) is 6.54 Å². The SMILES string of the molecule is CC1CCC(O)(C2(CN)CCc3ccccc32)CC1C. The lowest BCUT2D eigenvalue weighted by Crippen LogP contribution is -2.57. The highest BCUT2D eigenvalue weighted by Crippen LogP contribution is 2.53. The van der Waals surface area contributed by atoms with Crippen LogP contribution in [0.2, 0.25) is 0 Å². The van der Waals surface area contributed by atoms with Crippen LogP contribution < -0.4 is 5.73 Å². The van der Waals surface area contributed by atoms with Crippen molar-refractivity contribution < 1.29 is 5.11 Å². The third-order valence-corrected chi connectivity index (χ3v) is 6.24. The van der Waals surface area contributed by atoms with Crippen LogP contribution in [0.3, 0.4) is 0 Å². The fourth-order valence-electron chi connectivity index (χ4n) is 4.59. The van der Waals surface area contributed by atoms with Crippen LogP contribution in [0.5, 0.6) is 0 Å². The molecule has 1 fully saturated rings. The topological polar surface area (TPSA) is 46.2 Å². The Kier molecular flexibility index (Phi) is 3.42. The summed E-state index contributed by atoms with van der Waals surface area (Å²) in [5.74, 6) is 1.28. The summed E-state index contributed by atoms with van der Waals surface area (Å²) in [7, 11) is 0. The zero-order valence-electron chi connectivity index (χ0n) is 12.7. The van der Waals surface area contributed by atoms with E-state index in [1.807, 2.05) is 0 Å². The zero-order valence-corrected chi connectivity index (χ0v) is 12.7. The van der Waals surface area contributed by atoms with E-state index >= 15 is 0 Å². The van der Waals surface area contributed by atoms with Crippen molar-refractivity contribution in [3.8, 4) is 0 Å². The van der Waals surface area contributed by atoms with Crippen LogP contribution in [-0.4, -0.2) is 17.3 Å². The van der Waals surface area contributed by atoms with Crippen molar-refractivity contribution in [3.63, 3.8) is 0 Å². The molecule has 2 heteroatoms. The molecule has 3 N–H and O–H groups in total. The second-order valence-corrected chi connectivity index (χ2v) is 7.17. The lowest BCUT2D eigenvalue weighted by atomic mass is 9.58. The Morgan fingerprint density at radius 2 is 1.95 bits per heavy atom. The number of hydrogen-bond donors (Lipinski definition) is 2. The lowest BCUT2D eigenvalue weighted by Gasteiger charge is -2.50. The molecule has 2 aliphatic rings. The molecule has 2 nitrogen and oxygen atoms in total. The van der Waals surface area contributed by atoms with Gasteiger partial charge in [-0.25, -0.2) is 0 Å². The molecule has 0 saturated heterocycles. The van der Waals surface area contributed by atoms with E-state index in [1.165, 1.54) is 11.1 Å². The van der Waals surface area contributed by atoms with Gasteiger partial charge in [0.1, 0.15) is 0 Å². The molecular weight excluding hydrogens is 246 g/mol. The second kappa shape index (κ2) is 4.85. The average molecular weight is 273 g/mol. The first kappa shape index (κ1) is 14.1. The maximum atomic E-state index is 11.5. The quantitative estimate of drug-likeness (QED) is 0.870. The number of benzene rings is 1. The molecule has 0 amide bonds. The second-order valence-electron chi connectivity index (χ2n) is 7.17. The third kappa shape index (κ3) is 1.85. The molecular formula is C18H27NO. The number of hydrogen-bond acceptors (Lipinski definition) is 2. The molecule has 20 heavy (non-hydrogen) atoms. The van der Waals surface area contributed by atoms with Gasteiger partial charge >= 0.3 is 0 Å². The van der Waals surface area contributed by atoms with Gasteiger partial charge in [-0.2, -0.15) is 0 Å². The minimum Gasteiger partial charge on any atom is -0.389 e. The average Bonchev–Trinajstić information content (AvgIpc) is 2.84. The molecule has 2 aliphatic carbocycles. The summed E-state index contributed by atoms with van der Waals surface area (Å²) in [5, 5.41) is 11.5. The van der Waals surface area contributed by atoms with Crippen LogP contribution in [0, 0.1) is 11.8 Å². The molecule has 0 heterocycles. The van der Waals surface area contributed by atoms with Crippen molar-refractivity contribution in [2.45, 2.75) is 57.0 Å². The Bertz CT molecular complexity index is 500. The Morgan fingerprint density at radius 3 is 2.65 bits per heavy atom. The minimum atomic E-state index is -0.625. The van der Waals surface area contributed by atoms with Crippen molar-refractivity contribution >= 4 is 0 Å². The Balaban J connectivity index is 2.02. The molecule has 0 bridgehead atoms. The summed E-state index contributed by atoms with van der Waals surface area (Å²) in [4.78, 5) is 0. The Morgan fingerprint density at radius 1 is 1.20 bits per heavy atom. The molecule has 1 aromatic rings. The number of aliphatic hydroxyl groups is 1. The van der Waals surface area contributed by atoms with Crippen LogP contribution in [0.4, 0.5) is 0 Å². The van der Waals surface area contributed by atoms with Crippen molar-refractivity contribution in [1.82, 2.24) is 0 Å². The molecule has 3 rings (SSSR count). The Labute approximate surface area is 122 Å². The number of nitrogens with two attached hydrogens (primary N) is 1. The van der Waals surface area contributed by atoms with E-state index in [2.05, 4.69) is 38.1 Å². The highest BCUT2D eigenvalue weighted by Gasteiger charge is 2.55. The van der Waals surface area contributed by atoms with E-state index in [1.54, 1.807) is 0 Å². The fraction of sp³-hybridized carbons (Fsp3) is 0.667. The highest BCUT2D eigenvalue weighted by atomic mass is 16.3. The van der Waals surface area contributed by atoms with Gasteiger partial charge in [0.05, 0.1) is 5.60 Å². The molecule has 0 aliphatic heterocycles. The van der Waals surface area contributed by atoms with E-state index in [4.69, 9.17) is 5.73 Å². The normalized spacial score (nSPS) is 40.6. The predicted molar refractivity (Wildman–Crippen MR) is 82.6 cm³/mol. The first-order chi connectivity index (χ1) is 9.52. The van der Waals surface area contributed by atoms with Gasteiger partial charge in [0.2, 0.25) is 0 Å². The van der Waals surface area contributed by atoms with E-state index < -0.39 is 5.60 Å². The zero-order chi connectivity index (χ0) is 14.4. The van der Waals surface area contributed by atoms with Gasteiger partial charge in [-0.15, -0.1) is 0 Å². The van der Waals surface area contributed by atoms with E-state index in [9.17, 15) is 5.11 Å². The van der Waals surface area contributed by atoms with E-state index in [0.29, 0.717) is 18.4 Å². The molecule has 0 aromatic heterocycles. The summed E-state index contributed by atoms with van der Waals surface area (Å²) >= 11 is 0. The maximum Gasteiger partial charge on any atom is 0.0759 e. The van der Waals surface area contributed by atoms with Crippen molar-refractivity contribution in [2.24, 2.45) is 17.6 Å². The Hall–Kier alpha value is -0.860. The fourth-order valence-corrected chi connectivity index (χ4v) is 4.59. The monoisotopic (exact) mass is 273 g/mol. The summed E-state index contributed by atoms with van der Waals surface area (Å²) in [5.41, 5.74) is 8.07. The number of aryl methyl sites for hydroxylation is 1. The highest BCUT2D eigenvalue weighted by molar-refractivity contribution is 5.43. The van der Waals surface area contributed by atoms with Crippen molar-refractivity contribution in [1.29, 1.82) is 0 Å².